The summed E-state index contributed by atoms with van der Waals surface area (Å²) in [5, 5.41) is 5.06. The van der Waals surface area contributed by atoms with Crippen LogP contribution in [0.5, 0.6) is 0 Å². The molecule has 0 saturated carbocycles. The van der Waals surface area contributed by atoms with Gasteiger partial charge in [0.15, 0.2) is 0 Å². The first kappa shape index (κ1) is 12.2. The van der Waals surface area contributed by atoms with Gasteiger partial charge in [-0.1, -0.05) is 18.2 Å². The molecular formula is C14H17N3O2. The summed E-state index contributed by atoms with van der Waals surface area (Å²) >= 11 is 0. The lowest BCUT2D eigenvalue weighted by molar-refractivity contribution is -0.124. The van der Waals surface area contributed by atoms with E-state index in [9.17, 15) is 9.59 Å². The molecule has 1 aromatic carbocycles. The molecule has 2 aliphatic rings. The number of rotatable bonds is 3. The van der Waals surface area contributed by atoms with Crippen LogP contribution in [0.3, 0.4) is 0 Å². The molecule has 0 bridgehead atoms. The van der Waals surface area contributed by atoms with Crippen LogP contribution in [-0.4, -0.2) is 18.5 Å². The van der Waals surface area contributed by atoms with Crippen molar-refractivity contribution in [3.05, 3.63) is 34.9 Å². The summed E-state index contributed by atoms with van der Waals surface area (Å²) in [6, 6.07) is 5.60. The number of amides is 3. The lowest BCUT2D eigenvalue weighted by Gasteiger charge is -2.26. The van der Waals surface area contributed by atoms with Crippen LogP contribution in [0.1, 0.15) is 29.5 Å². The van der Waals surface area contributed by atoms with Crippen LogP contribution in [0.15, 0.2) is 18.2 Å². The fourth-order valence-electron chi connectivity index (χ4n) is 3.07. The number of nitrogens with one attached hydrogen (secondary N) is 2. The predicted molar refractivity (Wildman–Crippen MR) is 70.5 cm³/mol. The van der Waals surface area contributed by atoms with E-state index in [0.717, 1.165) is 24.8 Å². The number of urea groups is 1. The molecule has 1 fully saturated rings. The third-order valence-corrected chi connectivity index (χ3v) is 4.05. The number of nitrogens with two attached hydrogens (primary N) is 1. The fourth-order valence-corrected chi connectivity index (χ4v) is 3.07. The second kappa shape index (κ2) is 4.35. The molecule has 3 rings (SSSR count). The quantitative estimate of drug-likeness (QED) is 0.693. The highest BCUT2D eigenvalue weighted by atomic mass is 16.2. The molecule has 1 heterocycles. The van der Waals surface area contributed by atoms with Crippen LogP contribution in [-0.2, 0) is 23.2 Å². The normalized spacial score (nSPS) is 25.1. The molecule has 0 spiro atoms. The van der Waals surface area contributed by atoms with Gasteiger partial charge in [0.25, 0.3) is 5.91 Å². The minimum atomic E-state index is -0.997. The Hall–Kier alpha value is -1.88. The van der Waals surface area contributed by atoms with Gasteiger partial charge in [0.2, 0.25) is 0 Å². The van der Waals surface area contributed by atoms with E-state index in [1.807, 2.05) is 12.1 Å². The van der Waals surface area contributed by atoms with Crippen molar-refractivity contribution in [2.75, 3.05) is 6.54 Å². The van der Waals surface area contributed by atoms with E-state index in [1.54, 1.807) is 0 Å². The van der Waals surface area contributed by atoms with Crippen LogP contribution in [0.2, 0.25) is 0 Å². The zero-order valence-corrected chi connectivity index (χ0v) is 10.7. The van der Waals surface area contributed by atoms with E-state index in [4.69, 9.17) is 5.73 Å². The minimum absolute atomic E-state index is 0.305. The van der Waals surface area contributed by atoms with Crippen LogP contribution < -0.4 is 16.4 Å². The molecule has 1 atom stereocenters. The number of carbonyl (C=O) groups excluding carboxylic acids is 2. The molecule has 1 aliphatic carbocycles. The number of carbonyl (C=O) groups is 2. The SMILES string of the molecule is NCCC1(c2ccc3c(c2)CCC3)NC(=O)NC1=O. The van der Waals surface area contributed by atoms with Gasteiger partial charge in [-0.2, -0.15) is 0 Å². The lowest BCUT2D eigenvalue weighted by Crippen LogP contribution is -2.45. The van der Waals surface area contributed by atoms with Crippen molar-refractivity contribution in [2.45, 2.75) is 31.2 Å². The number of benzene rings is 1. The van der Waals surface area contributed by atoms with Crippen LogP contribution in [0.25, 0.3) is 0 Å². The Kier molecular flexibility index (Phi) is 2.78. The first-order valence-electron chi connectivity index (χ1n) is 6.62. The number of hydrogen-bond acceptors (Lipinski definition) is 3. The first-order chi connectivity index (χ1) is 9.15. The van der Waals surface area contributed by atoms with Gasteiger partial charge in [-0.15, -0.1) is 0 Å². The Labute approximate surface area is 111 Å². The van der Waals surface area contributed by atoms with E-state index in [-0.39, 0.29) is 5.91 Å². The van der Waals surface area contributed by atoms with Gasteiger partial charge in [0, 0.05) is 0 Å². The average molecular weight is 259 g/mol. The zero-order chi connectivity index (χ0) is 13.5. The average Bonchev–Trinajstić information content (AvgIpc) is 2.94. The van der Waals surface area contributed by atoms with Crippen molar-refractivity contribution in [2.24, 2.45) is 5.73 Å². The largest absolute Gasteiger partial charge is 0.330 e. The molecule has 1 saturated heterocycles. The summed E-state index contributed by atoms with van der Waals surface area (Å²) < 4.78 is 0. The fraction of sp³-hybridized carbons (Fsp3) is 0.429. The van der Waals surface area contributed by atoms with Crippen molar-refractivity contribution in [3.63, 3.8) is 0 Å². The molecule has 100 valence electrons. The maximum Gasteiger partial charge on any atom is 0.322 e. The molecule has 1 unspecified atom stereocenters. The van der Waals surface area contributed by atoms with E-state index in [1.165, 1.54) is 11.1 Å². The molecule has 5 nitrogen and oxygen atoms in total. The third-order valence-electron chi connectivity index (χ3n) is 4.05. The van der Waals surface area contributed by atoms with Crippen molar-refractivity contribution >= 4 is 11.9 Å². The van der Waals surface area contributed by atoms with Crippen LogP contribution >= 0.6 is 0 Å². The van der Waals surface area contributed by atoms with E-state index < -0.39 is 11.6 Å². The van der Waals surface area contributed by atoms with Crippen molar-refractivity contribution in [3.8, 4) is 0 Å². The van der Waals surface area contributed by atoms with Crippen molar-refractivity contribution in [1.29, 1.82) is 0 Å². The molecule has 1 aliphatic heterocycles. The van der Waals surface area contributed by atoms with Gasteiger partial charge in [-0.05, 0) is 48.9 Å². The van der Waals surface area contributed by atoms with E-state index in [2.05, 4.69) is 16.7 Å². The lowest BCUT2D eigenvalue weighted by atomic mass is 9.85. The highest BCUT2D eigenvalue weighted by Gasteiger charge is 2.47. The summed E-state index contributed by atoms with van der Waals surface area (Å²) in [5.74, 6) is -0.305. The third kappa shape index (κ3) is 1.81. The first-order valence-corrected chi connectivity index (χ1v) is 6.62. The molecule has 0 aromatic heterocycles. The number of fused-ring (bicyclic) bond motifs is 1. The summed E-state index contributed by atoms with van der Waals surface area (Å²) in [7, 11) is 0. The number of imide groups is 1. The topological polar surface area (TPSA) is 84.2 Å². The Morgan fingerprint density at radius 1 is 1.21 bits per heavy atom. The Morgan fingerprint density at radius 3 is 2.68 bits per heavy atom. The second-order valence-corrected chi connectivity index (χ2v) is 5.19. The van der Waals surface area contributed by atoms with E-state index in [0.29, 0.717) is 13.0 Å². The predicted octanol–water partition coefficient (Wildman–Crippen LogP) is 0.559. The standard InChI is InChI=1S/C14H17N3O2/c15-7-6-14(12(18)16-13(19)17-14)11-5-4-9-2-1-3-10(9)8-11/h4-5,8H,1-3,6-7,15H2,(H2,16,17,18,19). The molecule has 0 radical (unpaired) electrons. The Bertz CT molecular complexity index is 556. The summed E-state index contributed by atoms with van der Waals surface area (Å²) in [6.45, 7) is 0.338. The molecule has 1 aromatic rings. The van der Waals surface area contributed by atoms with Gasteiger partial charge in [-0.25, -0.2) is 4.79 Å². The number of aryl methyl sites for hydroxylation is 2. The van der Waals surface area contributed by atoms with E-state index >= 15 is 0 Å². The maximum absolute atomic E-state index is 12.1. The monoisotopic (exact) mass is 259 g/mol. The number of hydrogen-bond donors (Lipinski definition) is 3. The van der Waals surface area contributed by atoms with Gasteiger partial charge in [0.1, 0.15) is 5.54 Å². The van der Waals surface area contributed by atoms with Crippen molar-refractivity contribution in [1.82, 2.24) is 10.6 Å². The van der Waals surface area contributed by atoms with Gasteiger partial charge in [-0.3, -0.25) is 10.1 Å². The summed E-state index contributed by atoms with van der Waals surface area (Å²) in [5.41, 5.74) is 8.08. The van der Waals surface area contributed by atoms with Crippen LogP contribution in [0, 0.1) is 0 Å². The maximum atomic E-state index is 12.1. The highest BCUT2D eigenvalue weighted by Crippen LogP contribution is 2.32. The molecule has 19 heavy (non-hydrogen) atoms. The summed E-state index contributed by atoms with van der Waals surface area (Å²) in [6.07, 6.45) is 3.69. The molecule has 5 heteroatoms. The smallest absolute Gasteiger partial charge is 0.322 e. The van der Waals surface area contributed by atoms with Gasteiger partial charge < -0.3 is 11.1 Å². The van der Waals surface area contributed by atoms with Gasteiger partial charge >= 0.3 is 6.03 Å². The van der Waals surface area contributed by atoms with Crippen molar-refractivity contribution < 1.29 is 9.59 Å². The molecular weight excluding hydrogens is 242 g/mol. The van der Waals surface area contributed by atoms with Crippen LogP contribution in [0.4, 0.5) is 4.79 Å². The van der Waals surface area contributed by atoms with Gasteiger partial charge in [0.05, 0.1) is 0 Å². The zero-order valence-electron chi connectivity index (χ0n) is 10.7. The molecule has 3 amide bonds. The second-order valence-electron chi connectivity index (χ2n) is 5.19. The highest BCUT2D eigenvalue weighted by molar-refractivity contribution is 6.07. The Balaban J connectivity index is 2.05. The summed E-state index contributed by atoms with van der Waals surface area (Å²) in [4.78, 5) is 23.6. The minimum Gasteiger partial charge on any atom is -0.330 e. The Morgan fingerprint density at radius 2 is 2.00 bits per heavy atom. The molecule has 4 N–H and O–H groups in total.